The third kappa shape index (κ3) is 3.32. The molecule has 7 heteroatoms. The lowest BCUT2D eigenvalue weighted by atomic mass is 9.93. The normalized spacial score (nSPS) is 11.8. The molecular weight excluding hydrogens is 367 g/mol. The number of aromatic nitrogens is 3. The Bertz CT molecular complexity index is 1230. The van der Waals surface area contributed by atoms with E-state index in [1.54, 1.807) is 18.3 Å². The Balaban J connectivity index is 1.89. The lowest BCUT2D eigenvalue weighted by Crippen LogP contribution is -2.13. The van der Waals surface area contributed by atoms with Crippen LogP contribution in [0, 0.1) is 17.1 Å². The number of halogens is 1. The van der Waals surface area contributed by atoms with Crippen LogP contribution in [0.1, 0.15) is 24.1 Å². The number of nitriles is 1. The van der Waals surface area contributed by atoms with Crippen molar-refractivity contribution in [1.29, 1.82) is 5.26 Å². The van der Waals surface area contributed by atoms with Gasteiger partial charge in [-0.3, -0.25) is 4.98 Å². The van der Waals surface area contributed by atoms with Crippen LogP contribution in [-0.4, -0.2) is 15.0 Å². The SMILES string of the molecule is C[C@@H](Nc1ncnc(N)c1C#N)c1cnc2cccc(F)c2c1-c1ccccc1. The van der Waals surface area contributed by atoms with Gasteiger partial charge in [-0.15, -0.1) is 0 Å². The van der Waals surface area contributed by atoms with Crippen molar-refractivity contribution in [2.45, 2.75) is 13.0 Å². The summed E-state index contributed by atoms with van der Waals surface area (Å²) >= 11 is 0. The van der Waals surface area contributed by atoms with Gasteiger partial charge in [0.2, 0.25) is 0 Å². The molecule has 4 rings (SSSR count). The van der Waals surface area contributed by atoms with E-state index in [2.05, 4.69) is 20.3 Å². The van der Waals surface area contributed by atoms with Crippen molar-refractivity contribution < 1.29 is 4.39 Å². The standard InChI is InChI=1S/C22H17FN6/c1-13(29-22-15(10-24)21(25)27-12-28-22)16-11-26-18-9-5-8-17(23)20(18)19(16)14-6-3-2-4-7-14/h2-9,11-13H,1H3,(H3,25,27,28,29)/t13-/m1/s1. The summed E-state index contributed by atoms with van der Waals surface area (Å²) in [7, 11) is 0. The van der Waals surface area contributed by atoms with Gasteiger partial charge in [-0.05, 0) is 24.6 Å². The molecule has 4 aromatic rings. The van der Waals surface area contributed by atoms with Crippen molar-refractivity contribution in [3.63, 3.8) is 0 Å². The number of hydrogen-bond acceptors (Lipinski definition) is 6. The number of nitrogens with zero attached hydrogens (tertiary/aromatic N) is 4. The molecule has 0 amide bonds. The maximum atomic E-state index is 14.8. The monoisotopic (exact) mass is 384 g/mol. The number of nitrogens with one attached hydrogen (secondary N) is 1. The molecule has 0 bridgehead atoms. The molecule has 29 heavy (non-hydrogen) atoms. The van der Waals surface area contributed by atoms with E-state index < -0.39 is 0 Å². The first-order valence-corrected chi connectivity index (χ1v) is 8.99. The van der Waals surface area contributed by atoms with Gasteiger partial charge in [0.1, 0.15) is 35.4 Å². The molecule has 0 saturated heterocycles. The van der Waals surface area contributed by atoms with E-state index in [0.717, 1.165) is 16.7 Å². The van der Waals surface area contributed by atoms with Gasteiger partial charge in [0.05, 0.1) is 11.6 Å². The molecule has 142 valence electrons. The van der Waals surface area contributed by atoms with Crippen LogP contribution in [0.2, 0.25) is 0 Å². The molecule has 0 radical (unpaired) electrons. The highest BCUT2D eigenvalue weighted by Crippen LogP contribution is 2.36. The average molecular weight is 384 g/mol. The van der Waals surface area contributed by atoms with Crippen molar-refractivity contribution in [2.24, 2.45) is 0 Å². The van der Waals surface area contributed by atoms with Crippen molar-refractivity contribution in [3.05, 3.63) is 78.0 Å². The Hall–Kier alpha value is -4.05. The average Bonchev–Trinajstić information content (AvgIpc) is 2.74. The quantitative estimate of drug-likeness (QED) is 0.539. The molecular formula is C22H17FN6. The smallest absolute Gasteiger partial charge is 0.150 e. The summed E-state index contributed by atoms with van der Waals surface area (Å²) < 4.78 is 14.8. The predicted octanol–water partition coefficient (Wildman–Crippen LogP) is 4.46. The van der Waals surface area contributed by atoms with Crippen molar-refractivity contribution >= 4 is 22.5 Å². The zero-order valence-electron chi connectivity index (χ0n) is 15.6. The fourth-order valence-electron chi connectivity index (χ4n) is 3.36. The molecule has 6 nitrogen and oxygen atoms in total. The van der Waals surface area contributed by atoms with Crippen LogP contribution in [0.4, 0.5) is 16.0 Å². The van der Waals surface area contributed by atoms with Crippen molar-refractivity contribution in [3.8, 4) is 17.2 Å². The summed E-state index contributed by atoms with van der Waals surface area (Å²) in [5.74, 6) is 0.0789. The summed E-state index contributed by atoms with van der Waals surface area (Å²) in [6, 6.07) is 16.1. The first-order chi connectivity index (χ1) is 14.1. The van der Waals surface area contributed by atoms with Gasteiger partial charge in [0, 0.05) is 22.7 Å². The van der Waals surface area contributed by atoms with Crippen LogP contribution in [-0.2, 0) is 0 Å². The van der Waals surface area contributed by atoms with Gasteiger partial charge in [-0.25, -0.2) is 14.4 Å². The number of anilines is 2. The Kier molecular flexibility index (Phi) is 4.75. The van der Waals surface area contributed by atoms with Gasteiger partial charge < -0.3 is 11.1 Å². The number of benzene rings is 2. The second-order valence-corrected chi connectivity index (χ2v) is 6.55. The number of nitrogen functional groups attached to an aromatic ring is 1. The molecule has 0 aliphatic carbocycles. The summed E-state index contributed by atoms with van der Waals surface area (Å²) in [5.41, 5.74) is 8.92. The fourth-order valence-corrected chi connectivity index (χ4v) is 3.36. The van der Waals surface area contributed by atoms with Crippen molar-refractivity contribution in [1.82, 2.24) is 15.0 Å². The van der Waals surface area contributed by atoms with Crippen molar-refractivity contribution in [2.75, 3.05) is 11.1 Å². The van der Waals surface area contributed by atoms with E-state index in [-0.39, 0.29) is 23.2 Å². The van der Waals surface area contributed by atoms with E-state index in [1.165, 1.54) is 12.4 Å². The highest BCUT2D eigenvalue weighted by Gasteiger charge is 2.20. The first-order valence-electron chi connectivity index (χ1n) is 8.99. The van der Waals surface area contributed by atoms with Gasteiger partial charge in [-0.1, -0.05) is 36.4 Å². The third-order valence-electron chi connectivity index (χ3n) is 4.74. The lowest BCUT2D eigenvalue weighted by Gasteiger charge is -2.21. The van der Waals surface area contributed by atoms with E-state index in [9.17, 15) is 9.65 Å². The Labute approximate surface area is 166 Å². The fraction of sp³-hybridized carbons (Fsp3) is 0.0909. The molecule has 0 spiro atoms. The molecule has 0 unspecified atom stereocenters. The molecule has 0 aliphatic rings. The van der Waals surface area contributed by atoms with Crippen LogP contribution < -0.4 is 11.1 Å². The number of fused-ring (bicyclic) bond motifs is 1. The van der Waals surface area contributed by atoms with Crippen LogP contribution in [0.3, 0.4) is 0 Å². The van der Waals surface area contributed by atoms with Crippen LogP contribution in [0.25, 0.3) is 22.0 Å². The topological polar surface area (TPSA) is 101 Å². The second kappa shape index (κ2) is 7.52. The first kappa shape index (κ1) is 18.3. The van der Waals surface area contributed by atoms with Crippen LogP contribution in [0.5, 0.6) is 0 Å². The van der Waals surface area contributed by atoms with Gasteiger partial charge in [0.25, 0.3) is 0 Å². The van der Waals surface area contributed by atoms with E-state index in [0.29, 0.717) is 16.7 Å². The lowest BCUT2D eigenvalue weighted by molar-refractivity contribution is 0.639. The van der Waals surface area contributed by atoms with Gasteiger partial charge in [0.15, 0.2) is 0 Å². The van der Waals surface area contributed by atoms with E-state index in [4.69, 9.17) is 5.73 Å². The molecule has 2 heterocycles. The summed E-state index contributed by atoms with van der Waals surface area (Å²) in [6.07, 6.45) is 3.01. The largest absolute Gasteiger partial charge is 0.382 e. The highest BCUT2D eigenvalue weighted by molar-refractivity contribution is 5.96. The second-order valence-electron chi connectivity index (χ2n) is 6.55. The maximum absolute atomic E-state index is 14.8. The van der Waals surface area contributed by atoms with Gasteiger partial charge >= 0.3 is 0 Å². The molecule has 0 saturated carbocycles. The number of pyridine rings is 1. The van der Waals surface area contributed by atoms with Crippen LogP contribution >= 0.6 is 0 Å². The highest BCUT2D eigenvalue weighted by atomic mass is 19.1. The molecule has 3 N–H and O–H groups in total. The Morgan fingerprint density at radius 2 is 1.86 bits per heavy atom. The van der Waals surface area contributed by atoms with Crippen LogP contribution in [0.15, 0.2) is 61.1 Å². The van der Waals surface area contributed by atoms with Gasteiger partial charge in [-0.2, -0.15) is 5.26 Å². The minimum atomic E-state index is -0.341. The number of nitrogens with two attached hydrogens (primary N) is 1. The summed E-state index contributed by atoms with van der Waals surface area (Å²) in [4.78, 5) is 12.4. The Morgan fingerprint density at radius 1 is 1.07 bits per heavy atom. The Morgan fingerprint density at radius 3 is 2.62 bits per heavy atom. The molecule has 2 aromatic carbocycles. The zero-order valence-corrected chi connectivity index (χ0v) is 15.6. The number of hydrogen-bond donors (Lipinski definition) is 2. The maximum Gasteiger partial charge on any atom is 0.150 e. The molecule has 0 fully saturated rings. The van der Waals surface area contributed by atoms with E-state index in [1.807, 2.05) is 43.3 Å². The zero-order chi connectivity index (χ0) is 20.4. The summed E-state index contributed by atoms with van der Waals surface area (Å²) in [5, 5.41) is 13.0. The van der Waals surface area contributed by atoms with E-state index >= 15 is 0 Å². The molecule has 0 aliphatic heterocycles. The minimum absolute atomic E-state index is 0.100. The molecule has 2 aromatic heterocycles. The predicted molar refractivity (Wildman–Crippen MR) is 110 cm³/mol. The third-order valence-corrected chi connectivity index (χ3v) is 4.74. The minimum Gasteiger partial charge on any atom is -0.382 e. The summed E-state index contributed by atoms with van der Waals surface area (Å²) in [6.45, 7) is 1.90. The molecule has 1 atom stereocenters. The number of rotatable bonds is 4.